The third kappa shape index (κ3) is 7.67. The van der Waals surface area contributed by atoms with E-state index >= 15 is 0 Å². The van der Waals surface area contributed by atoms with Crippen molar-refractivity contribution < 1.29 is 13.6 Å². The second-order valence-electron chi connectivity index (χ2n) is 11.5. The van der Waals surface area contributed by atoms with Crippen molar-refractivity contribution >= 4 is 17.5 Å². The first-order valence-corrected chi connectivity index (χ1v) is 14.3. The largest absolute Gasteiger partial charge is 0.341 e. The number of hydrogen-bond acceptors (Lipinski definition) is 5. The lowest BCUT2D eigenvalue weighted by Gasteiger charge is -2.30. The fraction of sp³-hybridized carbons (Fsp3) is 0.406. The van der Waals surface area contributed by atoms with E-state index < -0.39 is 5.92 Å². The predicted octanol–water partition coefficient (Wildman–Crippen LogP) is 6.94. The molecule has 1 amide bonds. The van der Waals surface area contributed by atoms with Gasteiger partial charge in [-0.05, 0) is 48.1 Å². The SMILES string of the molecule is C=C(/C=C/CN1CCC(F)(F)CC1)Nc1ccc(-c2cccc(C(C(=O)Nc3cc(C4CC4)[nH]n3)C(C)C)c2)cn1. The van der Waals surface area contributed by atoms with Crippen molar-refractivity contribution in [2.75, 3.05) is 30.3 Å². The molecule has 1 aliphatic carbocycles. The van der Waals surface area contributed by atoms with Crippen LogP contribution in [0.3, 0.4) is 0 Å². The highest BCUT2D eigenvalue weighted by atomic mass is 19.3. The lowest BCUT2D eigenvalue weighted by Crippen LogP contribution is -2.39. The van der Waals surface area contributed by atoms with E-state index in [2.05, 4.69) is 32.4 Å². The van der Waals surface area contributed by atoms with Crippen molar-refractivity contribution in [2.24, 2.45) is 5.92 Å². The van der Waals surface area contributed by atoms with Gasteiger partial charge in [0.25, 0.3) is 5.92 Å². The normalized spacial score (nSPS) is 18.0. The van der Waals surface area contributed by atoms with E-state index in [0.29, 0.717) is 42.9 Å². The second kappa shape index (κ2) is 12.3. The number of nitrogens with one attached hydrogen (secondary N) is 3. The van der Waals surface area contributed by atoms with Crippen molar-refractivity contribution in [3.8, 4) is 11.1 Å². The average Bonchev–Trinajstić information content (AvgIpc) is 3.69. The molecule has 1 unspecified atom stereocenters. The molecule has 2 aromatic heterocycles. The van der Waals surface area contributed by atoms with Crippen molar-refractivity contribution in [3.63, 3.8) is 0 Å². The van der Waals surface area contributed by atoms with Crippen LogP contribution in [0.15, 0.2) is 73.1 Å². The van der Waals surface area contributed by atoms with Crippen LogP contribution in [0.1, 0.15) is 62.6 Å². The number of halogens is 2. The van der Waals surface area contributed by atoms with Crippen LogP contribution < -0.4 is 10.6 Å². The first-order valence-electron chi connectivity index (χ1n) is 14.3. The maximum atomic E-state index is 13.3. The van der Waals surface area contributed by atoms with Crippen LogP contribution in [0.25, 0.3) is 11.1 Å². The van der Waals surface area contributed by atoms with Crippen molar-refractivity contribution in [2.45, 2.75) is 57.3 Å². The molecule has 3 heterocycles. The van der Waals surface area contributed by atoms with Gasteiger partial charge in [-0.25, -0.2) is 13.8 Å². The van der Waals surface area contributed by atoms with Crippen LogP contribution in [-0.2, 0) is 4.79 Å². The molecule has 1 saturated carbocycles. The highest BCUT2D eigenvalue weighted by molar-refractivity contribution is 5.95. The number of aromatic amines is 1. The molecule has 3 aromatic rings. The van der Waals surface area contributed by atoms with E-state index in [9.17, 15) is 13.6 Å². The molecule has 2 fully saturated rings. The number of likely N-dealkylation sites (tertiary alicyclic amines) is 1. The Labute approximate surface area is 240 Å². The predicted molar refractivity (Wildman–Crippen MR) is 159 cm³/mol. The smallest absolute Gasteiger partial charge is 0.250 e. The van der Waals surface area contributed by atoms with Gasteiger partial charge in [-0.2, -0.15) is 5.10 Å². The van der Waals surface area contributed by atoms with Gasteiger partial charge < -0.3 is 10.6 Å². The molecular weight excluding hydrogens is 522 g/mol. The van der Waals surface area contributed by atoms with Crippen molar-refractivity contribution in [1.29, 1.82) is 0 Å². The number of pyridine rings is 1. The Morgan fingerprint density at radius 3 is 2.59 bits per heavy atom. The molecule has 9 heteroatoms. The fourth-order valence-electron chi connectivity index (χ4n) is 5.21. The summed E-state index contributed by atoms with van der Waals surface area (Å²) in [5.41, 5.74) is 4.60. The summed E-state index contributed by atoms with van der Waals surface area (Å²) in [6, 6.07) is 13.8. The Kier molecular flexibility index (Phi) is 8.63. The molecule has 1 aromatic carbocycles. The Bertz CT molecular complexity index is 1380. The molecule has 7 nitrogen and oxygen atoms in total. The van der Waals surface area contributed by atoms with Gasteiger partial charge in [-0.1, -0.05) is 50.8 Å². The number of rotatable bonds is 11. The second-order valence-corrected chi connectivity index (χ2v) is 11.5. The van der Waals surface area contributed by atoms with Gasteiger partial charge in [-0.15, -0.1) is 0 Å². The first-order chi connectivity index (χ1) is 19.7. The Balaban J connectivity index is 1.18. The lowest BCUT2D eigenvalue weighted by atomic mass is 9.86. The molecule has 0 bridgehead atoms. The number of carbonyl (C=O) groups is 1. The van der Waals surface area contributed by atoms with E-state index in [1.165, 1.54) is 12.8 Å². The Hall–Kier alpha value is -3.85. The minimum Gasteiger partial charge on any atom is -0.341 e. The van der Waals surface area contributed by atoms with Gasteiger partial charge in [-0.3, -0.25) is 14.8 Å². The number of hydrogen-bond donors (Lipinski definition) is 3. The third-order valence-corrected chi connectivity index (χ3v) is 7.72. The third-order valence-electron chi connectivity index (χ3n) is 7.72. The molecule has 1 saturated heterocycles. The van der Waals surface area contributed by atoms with Gasteiger partial charge in [0, 0.05) is 67.6 Å². The summed E-state index contributed by atoms with van der Waals surface area (Å²) in [5, 5.41) is 13.5. The maximum Gasteiger partial charge on any atom is 0.250 e. The molecule has 2 aliphatic rings. The molecule has 1 atom stereocenters. The number of aromatic nitrogens is 3. The quantitative estimate of drug-likeness (QED) is 0.221. The van der Waals surface area contributed by atoms with Gasteiger partial charge in [0.1, 0.15) is 5.82 Å². The summed E-state index contributed by atoms with van der Waals surface area (Å²) in [5.74, 6) is -1.09. The fourth-order valence-corrected chi connectivity index (χ4v) is 5.21. The zero-order chi connectivity index (χ0) is 29.0. The topological polar surface area (TPSA) is 85.9 Å². The molecule has 5 rings (SSSR count). The Morgan fingerprint density at radius 2 is 1.90 bits per heavy atom. The molecule has 216 valence electrons. The van der Waals surface area contributed by atoms with Crippen LogP contribution in [0, 0.1) is 5.92 Å². The molecule has 0 radical (unpaired) electrons. The lowest BCUT2D eigenvalue weighted by molar-refractivity contribution is -0.118. The zero-order valence-electron chi connectivity index (χ0n) is 23.7. The number of benzene rings is 1. The van der Waals surface area contributed by atoms with Gasteiger partial charge in [0.05, 0.1) is 5.92 Å². The number of allylic oxidation sites excluding steroid dienone is 1. The molecule has 3 N–H and O–H groups in total. The molecule has 0 spiro atoms. The highest BCUT2D eigenvalue weighted by Crippen LogP contribution is 2.39. The molecule has 41 heavy (non-hydrogen) atoms. The van der Waals surface area contributed by atoms with Gasteiger partial charge in [0.15, 0.2) is 5.82 Å². The molecule has 1 aliphatic heterocycles. The van der Waals surface area contributed by atoms with E-state index in [4.69, 9.17) is 0 Å². The number of H-pyrrole nitrogens is 1. The number of nitrogens with zero attached hydrogens (tertiary/aromatic N) is 3. The zero-order valence-corrected chi connectivity index (χ0v) is 23.7. The van der Waals surface area contributed by atoms with E-state index in [1.807, 2.05) is 73.4 Å². The highest BCUT2D eigenvalue weighted by Gasteiger charge is 2.33. The maximum absolute atomic E-state index is 13.3. The van der Waals surface area contributed by atoms with Crippen molar-refractivity contribution in [1.82, 2.24) is 20.1 Å². The van der Waals surface area contributed by atoms with Crippen LogP contribution in [0.2, 0.25) is 0 Å². The summed E-state index contributed by atoms with van der Waals surface area (Å²) < 4.78 is 26.7. The summed E-state index contributed by atoms with van der Waals surface area (Å²) in [7, 11) is 0. The molecular formula is C32H38F2N6O. The number of carbonyl (C=O) groups excluding carboxylic acids is 1. The van der Waals surface area contributed by atoms with Crippen LogP contribution in [0.4, 0.5) is 20.4 Å². The number of piperidine rings is 1. The number of anilines is 2. The minimum absolute atomic E-state index is 0.0755. The standard InChI is InChI=1S/C32H38F2N6O/c1-21(2)30(31(41)37-29-19-27(38-39-29)23-9-10-23)25-8-4-7-24(18-25)26-11-12-28(35-20-26)36-22(3)6-5-15-40-16-13-32(33,34)14-17-40/h4-8,11-12,18-21,23,30H,3,9-10,13-17H2,1-2H3,(H,35,36)(H2,37,38,39,41)/b6-5+. The monoisotopic (exact) mass is 560 g/mol. The average molecular weight is 561 g/mol. The van der Waals surface area contributed by atoms with E-state index in [0.717, 1.165) is 22.4 Å². The summed E-state index contributed by atoms with van der Waals surface area (Å²) in [6.07, 6.45) is 7.73. The van der Waals surface area contributed by atoms with E-state index in [1.54, 1.807) is 6.20 Å². The van der Waals surface area contributed by atoms with Crippen LogP contribution in [-0.4, -0.2) is 51.5 Å². The van der Waals surface area contributed by atoms with E-state index in [-0.39, 0.29) is 30.6 Å². The first kappa shape index (κ1) is 28.7. The number of alkyl halides is 2. The van der Waals surface area contributed by atoms with Crippen LogP contribution >= 0.6 is 0 Å². The van der Waals surface area contributed by atoms with Gasteiger partial charge >= 0.3 is 0 Å². The number of amides is 1. The minimum atomic E-state index is -2.53. The van der Waals surface area contributed by atoms with Crippen LogP contribution in [0.5, 0.6) is 0 Å². The summed E-state index contributed by atoms with van der Waals surface area (Å²) in [6.45, 7) is 9.52. The summed E-state index contributed by atoms with van der Waals surface area (Å²) in [4.78, 5) is 19.9. The Morgan fingerprint density at radius 1 is 1.12 bits per heavy atom. The van der Waals surface area contributed by atoms with Crippen molar-refractivity contribution in [3.05, 3.63) is 84.3 Å². The van der Waals surface area contributed by atoms with Gasteiger partial charge in [0.2, 0.25) is 5.91 Å². The summed E-state index contributed by atoms with van der Waals surface area (Å²) >= 11 is 0.